The fourth-order valence-corrected chi connectivity index (χ4v) is 19.9. The van der Waals surface area contributed by atoms with Crippen LogP contribution in [0.5, 0.6) is 0 Å². The molecule has 2 saturated heterocycles. The summed E-state index contributed by atoms with van der Waals surface area (Å²) in [7, 11) is 0. The zero-order chi connectivity index (χ0) is 55.6. The van der Waals surface area contributed by atoms with Gasteiger partial charge in [-0.25, -0.2) is 0 Å². The Morgan fingerprint density at radius 3 is 2.02 bits per heavy atom. The molecule has 1 unspecified atom stereocenters. The molecule has 3 spiro atoms. The molecule has 2 aliphatic carbocycles. The van der Waals surface area contributed by atoms with Crippen molar-refractivity contribution in [2.45, 2.75) is 195 Å². The highest BCUT2D eigenvalue weighted by Gasteiger charge is 2.77. The van der Waals surface area contributed by atoms with Gasteiger partial charge in [0, 0.05) is 112 Å². The molecular formula is C72H94N8O3. The molecule has 2 aromatic carbocycles. The predicted octanol–water partition coefficient (Wildman–Crippen LogP) is 12.5. The number of para-hydroxylation sites is 2. The third kappa shape index (κ3) is 9.33. The standard InChI is InChI=1S/C72H94N8O3/c81-65-58(63-61-51(33-41-73-63)49-29-17-19-31-55(49)77-61)54-45-57(80-44-28-16-8-3-11-23-37-71(65,82)67-69(54,48-80)35-21-9-1-5-13-25-39-75-67)53-46-79-43-27-15-7-4-12-24-38-72-66(83-72)59(64-62-52(34-42-74-64)50-30-18-20-32-56(50)78-62)60(53)70(47-79)36-22-10-2-6-14-26-40-76-68(70)72/h1-4,9-12,17-20,29-32,34,42,46,54,57-60,63,65-68,73,75-78,81-82H,5-8,13-16,21-28,33,35-41,43-45,47-48H2/b9-1-,10-2-,11-3-,12-4-/t54-,57+,58+,59+,60-,63+,65-,66-,67+,68+,69-,70-,71+,72-/m0/s1. The maximum Gasteiger partial charge on any atom is 0.112 e. The SMILES string of the molecule is O[C@H]1[C@@H]([C@H]2NCCc3c2[nH]c2ccccc32)[C@@H]2C[C@H](C3=CN4CCCC/C=C\CC[C@]56O[C@H]5[C@@H](c5nccc7c5[nH]c5ccccc57)[C@H]3[C@]3(CC/C=C\CCCCN[C@H]36)C4)N3CCCC/C=C\CC[C@]1(O)[C@@H]1NCCCC/C=C\CC[C@]21C3. The largest absolute Gasteiger partial charge is 0.390 e. The summed E-state index contributed by atoms with van der Waals surface area (Å²) in [6.07, 6.45) is 46.1. The van der Waals surface area contributed by atoms with Gasteiger partial charge in [0.15, 0.2) is 0 Å². The zero-order valence-corrected chi connectivity index (χ0v) is 49.4. The van der Waals surface area contributed by atoms with Gasteiger partial charge in [0.05, 0.1) is 29.5 Å². The fourth-order valence-electron chi connectivity index (χ4n) is 19.9. The summed E-state index contributed by atoms with van der Waals surface area (Å²) < 4.78 is 7.83. The van der Waals surface area contributed by atoms with Crippen LogP contribution in [0.4, 0.5) is 0 Å². The Labute approximate surface area is 493 Å². The van der Waals surface area contributed by atoms with E-state index in [1.54, 1.807) is 5.57 Å². The van der Waals surface area contributed by atoms with Crippen molar-refractivity contribution in [1.29, 1.82) is 0 Å². The number of nitrogens with one attached hydrogen (secondary N) is 5. The fraction of sp³-hybridized carbons (Fsp3) is 0.597. The van der Waals surface area contributed by atoms with E-state index in [0.29, 0.717) is 6.42 Å². The highest BCUT2D eigenvalue weighted by Crippen LogP contribution is 2.70. The van der Waals surface area contributed by atoms with E-state index in [2.05, 4.69) is 151 Å². The molecule has 8 aliphatic heterocycles. The molecular weight excluding hydrogens is 1020 g/mol. The van der Waals surface area contributed by atoms with Crippen molar-refractivity contribution in [3.05, 3.63) is 138 Å². The van der Waals surface area contributed by atoms with Gasteiger partial charge < -0.3 is 45.8 Å². The smallest absolute Gasteiger partial charge is 0.112 e. The summed E-state index contributed by atoms with van der Waals surface area (Å²) in [6, 6.07) is 19.8. The second-order valence-electron chi connectivity index (χ2n) is 27.7. The normalized spacial score (nSPS) is 40.5. The van der Waals surface area contributed by atoms with Crippen LogP contribution in [0.15, 0.2) is 121 Å². The topological polar surface area (TPSA) is 140 Å². The highest BCUT2D eigenvalue weighted by molar-refractivity contribution is 6.08. The van der Waals surface area contributed by atoms with Crippen molar-refractivity contribution in [2.24, 2.45) is 28.6 Å². The molecule has 6 bridgehead atoms. The first-order valence-electron chi connectivity index (χ1n) is 33.4. The first-order valence-corrected chi connectivity index (χ1v) is 33.4. The van der Waals surface area contributed by atoms with Crippen LogP contribution in [0.3, 0.4) is 0 Å². The molecule has 4 fully saturated rings. The third-order valence-electron chi connectivity index (χ3n) is 23.4. The van der Waals surface area contributed by atoms with Gasteiger partial charge in [0.2, 0.25) is 0 Å². The van der Waals surface area contributed by atoms with Crippen LogP contribution in [-0.2, 0) is 11.2 Å². The number of hydrogen-bond donors (Lipinski definition) is 7. The number of H-pyrrole nitrogens is 2. The Balaban J connectivity index is 0.972. The number of nitrogens with zero attached hydrogens (tertiary/aromatic N) is 3. The Bertz CT molecular complexity index is 3300. The van der Waals surface area contributed by atoms with Gasteiger partial charge in [-0.3, -0.25) is 9.88 Å². The molecule has 15 rings (SSSR count). The van der Waals surface area contributed by atoms with E-state index >= 15 is 0 Å². The lowest BCUT2D eigenvalue weighted by atomic mass is 9.45. The number of hydrogen-bond acceptors (Lipinski definition) is 9. The Morgan fingerprint density at radius 2 is 1.25 bits per heavy atom. The van der Waals surface area contributed by atoms with Crippen molar-refractivity contribution in [3.63, 3.8) is 0 Å². The molecule has 15 atom stereocenters. The van der Waals surface area contributed by atoms with E-state index in [4.69, 9.17) is 9.72 Å². The predicted molar refractivity (Wildman–Crippen MR) is 335 cm³/mol. The molecule has 0 radical (unpaired) electrons. The van der Waals surface area contributed by atoms with E-state index in [1.807, 2.05) is 0 Å². The maximum atomic E-state index is 14.3. The molecule has 11 nitrogen and oxygen atoms in total. The summed E-state index contributed by atoms with van der Waals surface area (Å²) >= 11 is 0. The minimum absolute atomic E-state index is 0.00196. The number of aromatic nitrogens is 3. The van der Waals surface area contributed by atoms with E-state index < -0.39 is 11.7 Å². The van der Waals surface area contributed by atoms with Crippen LogP contribution in [-0.4, -0.2) is 122 Å². The molecule has 11 heteroatoms. The van der Waals surface area contributed by atoms with Crippen LogP contribution in [0.25, 0.3) is 32.7 Å². The second-order valence-corrected chi connectivity index (χ2v) is 27.7. The first-order chi connectivity index (χ1) is 40.9. The van der Waals surface area contributed by atoms with Gasteiger partial charge in [-0.05, 0) is 203 Å². The van der Waals surface area contributed by atoms with Crippen LogP contribution >= 0.6 is 0 Å². The average molecular weight is 1120 g/mol. The Kier molecular flexibility index (Phi) is 15.0. The van der Waals surface area contributed by atoms with Crippen molar-refractivity contribution < 1.29 is 14.9 Å². The van der Waals surface area contributed by atoms with Crippen molar-refractivity contribution in [1.82, 2.24) is 40.7 Å². The lowest BCUT2D eigenvalue weighted by molar-refractivity contribution is -0.238. The molecule has 83 heavy (non-hydrogen) atoms. The highest BCUT2D eigenvalue weighted by atomic mass is 16.6. The van der Waals surface area contributed by atoms with Gasteiger partial charge in [-0.2, -0.15) is 0 Å². The van der Waals surface area contributed by atoms with Gasteiger partial charge in [-0.1, -0.05) is 85.0 Å². The van der Waals surface area contributed by atoms with Crippen LogP contribution in [0.2, 0.25) is 0 Å². The Morgan fingerprint density at radius 1 is 0.602 bits per heavy atom. The molecule has 0 amide bonds. The number of aliphatic hydroxyl groups is 2. The van der Waals surface area contributed by atoms with E-state index in [-0.39, 0.29) is 70.4 Å². The van der Waals surface area contributed by atoms with Crippen LogP contribution in [0.1, 0.15) is 164 Å². The number of piperidine rings is 1. The number of benzene rings is 2. The quantitative estimate of drug-likeness (QED) is 0.0695. The number of aliphatic hydroxyl groups excluding tert-OH is 1. The van der Waals surface area contributed by atoms with Gasteiger partial charge in [0.25, 0.3) is 0 Å². The van der Waals surface area contributed by atoms with E-state index in [9.17, 15) is 10.2 Å². The number of pyridine rings is 1. The molecule has 3 aromatic heterocycles. The summed E-state index contributed by atoms with van der Waals surface area (Å²) in [5.74, 6) is -0.0837. The first kappa shape index (κ1) is 54.8. The number of allylic oxidation sites excluding steroid dienone is 8. The molecule has 11 heterocycles. The third-order valence-corrected chi connectivity index (χ3v) is 23.4. The van der Waals surface area contributed by atoms with Crippen LogP contribution in [0, 0.1) is 28.6 Å². The summed E-state index contributed by atoms with van der Waals surface area (Å²) in [5.41, 5.74) is 6.60. The summed E-state index contributed by atoms with van der Waals surface area (Å²) in [4.78, 5) is 19.6. The average Bonchev–Trinajstić information content (AvgIpc) is 1.66. The zero-order valence-electron chi connectivity index (χ0n) is 49.4. The number of epoxide rings is 1. The van der Waals surface area contributed by atoms with Gasteiger partial charge in [0.1, 0.15) is 11.2 Å². The molecule has 5 aromatic rings. The molecule has 7 N–H and O–H groups in total. The van der Waals surface area contributed by atoms with E-state index in [0.717, 1.165) is 173 Å². The Hall–Kier alpha value is -4.85. The van der Waals surface area contributed by atoms with Gasteiger partial charge >= 0.3 is 0 Å². The summed E-state index contributed by atoms with van der Waals surface area (Å²) in [6.45, 7) is 6.54. The van der Waals surface area contributed by atoms with Gasteiger partial charge in [-0.15, -0.1) is 0 Å². The van der Waals surface area contributed by atoms with Crippen LogP contribution < -0.4 is 16.0 Å². The summed E-state index contributed by atoms with van der Waals surface area (Å²) in [5, 5.41) is 45.1. The van der Waals surface area contributed by atoms with Crippen molar-refractivity contribution >= 4 is 32.7 Å². The molecule has 2 saturated carbocycles. The number of aromatic amines is 2. The van der Waals surface area contributed by atoms with Crippen molar-refractivity contribution in [3.8, 4) is 0 Å². The lowest BCUT2D eigenvalue weighted by Gasteiger charge is -2.68. The minimum atomic E-state index is -1.36. The number of ether oxygens (including phenoxy) is 1. The number of fused-ring (bicyclic) bond motifs is 8. The van der Waals surface area contributed by atoms with E-state index in [1.165, 1.54) is 57.0 Å². The number of rotatable bonds is 3. The van der Waals surface area contributed by atoms with Crippen molar-refractivity contribution in [2.75, 3.05) is 45.8 Å². The minimum Gasteiger partial charge on any atom is -0.390 e. The molecule has 440 valence electrons. The second kappa shape index (κ2) is 22.8. The molecule has 10 aliphatic rings. The maximum absolute atomic E-state index is 14.3. The monoisotopic (exact) mass is 1120 g/mol. The lowest BCUT2D eigenvalue weighted by Crippen LogP contribution is -2.78.